The lowest BCUT2D eigenvalue weighted by atomic mass is 10.1. The standard InChI is InChI=1S/C14H10N2/c15-11-13-5-3-4-12(10-13)7-8-14-6-1-2-9-16-14/h1-6,9-11,15H. The van der Waals surface area contributed by atoms with Gasteiger partial charge in [-0.3, -0.25) is 0 Å². The predicted octanol–water partition coefficient (Wildman–Crippen LogP) is 2.48. The van der Waals surface area contributed by atoms with Gasteiger partial charge in [0, 0.05) is 18.0 Å². The second-order valence-electron chi connectivity index (χ2n) is 3.23. The van der Waals surface area contributed by atoms with Gasteiger partial charge >= 0.3 is 0 Å². The van der Waals surface area contributed by atoms with Crippen molar-refractivity contribution in [2.75, 3.05) is 0 Å². The van der Waals surface area contributed by atoms with Crippen LogP contribution in [0.5, 0.6) is 0 Å². The van der Waals surface area contributed by atoms with Crippen LogP contribution in [0.15, 0.2) is 48.7 Å². The molecule has 0 aliphatic carbocycles. The van der Waals surface area contributed by atoms with Crippen molar-refractivity contribution in [3.63, 3.8) is 0 Å². The highest BCUT2D eigenvalue weighted by molar-refractivity contribution is 5.77. The smallest absolute Gasteiger partial charge is 0.113 e. The highest BCUT2D eigenvalue weighted by Crippen LogP contribution is 2.01. The Kier molecular flexibility index (Phi) is 3.10. The molecule has 1 heterocycles. The minimum absolute atomic E-state index is 0.753. The SMILES string of the molecule is N=Cc1cccc(C#Cc2ccccn2)c1. The first-order chi connectivity index (χ1) is 7.88. The first-order valence-corrected chi connectivity index (χ1v) is 4.92. The molecule has 16 heavy (non-hydrogen) atoms. The van der Waals surface area contributed by atoms with E-state index in [0.717, 1.165) is 16.8 Å². The summed E-state index contributed by atoms with van der Waals surface area (Å²) in [5, 5.41) is 7.15. The summed E-state index contributed by atoms with van der Waals surface area (Å²) in [4.78, 5) is 4.12. The molecule has 0 saturated carbocycles. The fourth-order valence-electron chi connectivity index (χ4n) is 1.28. The van der Waals surface area contributed by atoms with Gasteiger partial charge in [0.1, 0.15) is 5.69 Å². The van der Waals surface area contributed by atoms with Crippen LogP contribution >= 0.6 is 0 Å². The van der Waals surface area contributed by atoms with E-state index in [4.69, 9.17) is 5.41 Å². The van der Waals surface area contributed by atoms with Gasteiger partial charge in [-0.15, -0.1) is 0 Å². The topological polar surface area (TPSA) is 36.7 Å². The van der Waals surface area contributed by atoms with Crippen molar-refractivity contribution < 1.29 is 0 Å². The number of hydrogen-bond donors (Lipinski definition) is 1. The molecule has 0 fully saturated rings. The average molecular weight is 206 g/mol. The van der Waals surface area contributed by atoms with Crippen molar-refractivity contribution in [2.45, 2.75) is 0 Å². The zero-order valence-electron chi connectivity index (χ0n) is 8.64. The third-order valence-electron chi connectivity index (χ3n) is 2.05. The van der Waals surface area contributed by atoms with E-state index in [2.05, 4.69) is 16.8 Å². The Labute approximate surface area is 94.5 Å². The Balaban J connectivity index is 2.27. The van der Waals surface area contributed by atoms with Gasteiger partial charge in [-0.2, -0.15) is 0 Å². The highest BCUT2D eigenvalue weighted by atomic mass is 14.6. The van der Waals surface area contributed by atoms with Crippen molar-refractivity contribution in [1.29, 1.82) is 5.41 Å². The number of nitrogens with zero attached hydrogens (tertiary/aromatic N) is 1. The quantitative estimate of drug-likeness (QED) is 0.564. The molecule has 0 bridgehead atoms. The second kappa shape index (κ2) is 4.90. The number of aromatic nitrogens is 1. The largest absolute Gasteiger partial charge is 0.308 e. The molecule has 0 aliphatic heterocycles. The summed E-state index contributed by atoms with van der Waals surface area (Å²) in [5.74, 6) is 6.00. The Morgan fingerprint density at radius 3 is 2.75 bits per heavy atom. The Hall–Kier alpha value is -2.40. The number of hydrogen-bond acceptors (Lipinski definition) is 2. The average Bonchev–Trinajstić information content (AvgIpc) is 2.38. The van der Waals surface area contributed by atoms with Crippen LogP contribution in [-0.4, -0.2) is 11.2 Å². The van der Waals surface area contributed by atoms with Crippen LogP contribution in [0, 0.1) is 17.3 Å². The molecule has 0 unspecified atom stereocenters. The van der Waals surface area contributed by atoms with Crippen molar-refractivity contribution in [3.05, 3.63) is 65.5 Å². The molecule has 2 aromatic rings. The number of pyridine rings is 1. The first-order valence-electron chi connectivity index (χ1n) is 4.92. The summed E-state index contributed by atoms with van der Waals surface area (Å²) in [6.45, 7) is 0. The molecule has 1 aromatic heterocycles. The van der Waals surface area contributed by atoms with Crippen LogP contribution in [0.4, 0.5) is 0 Å². The highest BCUT2D eigenvalue weighted by Gasteiger charge is 1.89. The molecular weight excluding hydrogens is 196 g/mol. The molecule has 0 amide bonds. The summed E-state index contributed by atoms with van der Waals surface area (Å²) in [7, 11) is 0. The molecule has 0 spiro atoms. The normalized spacial score (nSPS) is 9.00. The number of nitrogens with one attached hydrogen (secondary N) is 1. The molecule has 1 N–H and O–H groups in total. The van der Waals surface area contributed by atoms with Gasteiger partial charge in [-0.1, -0.05) is 24.1 Å². The molecule has 0 radical (unpaired) electrons. The lowest BCUT2D eigenvalue weighted by molar-refractivity contribution is 1.29. The van der Waals surface area contributed by atoms with Crippen LogP contribution < -0.4 is 0 Å². The minimum atomic E-state index is 0.753. The second-order valence-corrected chi connectivity index (χ2v) is 3.23. The molecule has 0 saturated heterocycles. The van der Waals surface area contributed by atoms with E-state index in [1.807, 2.05) is 42.5 Å². The molecule has 2 rings (SSSR count). The molecule has 2 nitrogen and oxygen atoms in total. The fourth-order valence-corrected chi connectivity index (χ4v) is 1.28. The molecule has 1 aromatic carbocycles. The third-order valence-corrected chi connectivity index (χ3v) is 2.05. The predicted molar refractivity (Wildman–Crippen MR) is 64.5 cm³/mol. The van der Waals surface area contributed by atoms with E-state index in [9.17, 15) is 0 Å². The third kappa shape index (κ3) is 2.55. The van der Waals surface area contributed by atoms with E-state index >= 15 is 0 Å². The van der Waals surface area contributed by atoms with E-state index in [-0.39, 0.29) is 0 Å². The van der Waals surface area contributed by atoms with Gasteiger partial charge in [0.25, 0.3) is 0 Å². The van der Waals surface area contributed by atoms with Gasteiger partial charge < -0.3 is 5.41 Å². The zero-order valence-corrected chi connectivity index (χ0v) is 8.64. The van der Waals surface area contributed by atoms with Crippen molar-refractivity contribution in [3.8, 4) is 11.8 Å². The van der Waals surface area contributed by atoms with Crippen molar-refractivity contribution >= 4 is 6.21 Å². The van der Waals surface area contributed by atoms with Crippen LogP contribution in [0.2, 0.25) is 0 Å². The summed E-state index contributed by atoms with van der Waals surface area (Å²) >= 11 is 0. The fraction of sp³-hybridized carbons (Fsp3) is 0. The monoisotopic (exact) mass is 206 g/mol. The lowest BCUT2D eigenvalue weighted by Gasteiger charge is -1.92. The maximum absolute atomic E-state index is 7.15. The summed E-state index contributed by atoms with van der Waals surface area (Å²) in [5.41, 5.74) is 2.50. The van der Waals surface area contributed by atoms with Gasteiger partial charge in [0.15, 0.2) is 0 Å². The van der Waals surface area contributed by atoms with Crippen LogP contribution in [0.25, 0.3) is 0 Å². The van der Waals surface area contributed by atoms with E-state index in [0.29, 0.717) is 0 Å². The van der Waals surface area contributed by atoms with E-state index < -0.39 is 0 Å². The van der Waals surface area contributed by atoms with Crippen LogP contribution in [-0.2, 0) is 0 Å². The molecule has 0 atom stereocenters. The number of rotatable bonds is 1. The van der Waals surface area contributed by atoms with Crippen LogP contribution in [0.1, 0.15) is 16.8 Å². The Morgan fingerprint density at radius 1 is 1.06 bits per heavy atom. The van der Waals surface area contributed by atoms with Gasteiger partial charge in [-0.05, 0) is 35.7 Å². The number of benzene rings is 1. The minimum Gasteiger partial charge on any atom is -0.308 e. The maximum Gasteiger partial charge on any atom is 0.113 e. The maximum atomic E-state index is 7.15. The van der Waals surface area contributed by atoms with Crippen molar-refractivity contribution in [2.24, 2.45) is 0 Å². The summed E-state index contributed by atoms with van der Waals surface area (Å²) in [6.07, 6.45) is 3.03. The van der Waals surface area contributed by atoms with E-state index in [1.54, 1.807) is 6.20 Å². The summed E-state index contributed by atoms with van der Waals surface area (Å²) < 4.78 is 0. The Bertz CT molecular complexity index is 548. The summed E-state index contributed by atoms with van der Waals surface area (Å²) in [6, 6.07) is 13.2. The lowest BCUT2D eigenvalue weighted by Crippen LogP contribution is -1.82. The molecule has 2 heteroatoms. The zero-order chi connectivity index (χ0) is 11.2. The molecule has 76 valence electrons. The van der Waals surface area contributed by atoms with Gasteiger partial charge in [0.05, 0.1) is 0 Å². The van der Waals surface area contributed by atoms with Gasteiger partial charge in [-0.25, -0.2) is 4.98 Å². The molecular formula is C14H10N2. The van der Waals surface area contributed by atoms with Crippen molar-refractivity contribution in [1.82, 2.24) is 4.98 Å². The van der Waals surface area contributed by atoms with E-state index in [1.165, 1.54) is 6.21 Å². The Morgan fingerprint density at radius 2 is 2.00 bits per heavy atom. The molecule has 0 aliphatic rings. The first kappa shape index (κ1) is 10.1. The van der Waals surface area contributed by atoms with Gasteiger partial charge in [0.2, 0.25) is 0 Å². The van der Waals surface area contributed by atoms with Crippen LogP contribution in [0.3, 0.4) is 0 Å².